The summed E-state index contributed by atoms with van der Waals surface area (Å²) >= 11 is 0. The maximum Gasteiger partial charge on any atom is 0.310 e. The van der Waals surface area contributed by atoms with Gasteiger partial charge in [0.25, 0.3) is 0 Å². The molecular weight excluding hydrogens is 420 g/mol. The average molecular weight is 465 g/mol. The lowest BCUT2D eigenvalue weighted by atomic mass is 9.68. The molecule has 0 spiro atoms. The van der Waals surface area contributed by atoms with Crippen LogP contribution in [0.15, 0.2) is 12.2 Å². The molecule has 2 rings (SSSR count). The molecule has 188 valence electrons. The van der Waals surface area contributed by atoms with Crippen LogP contribution in [0, 0.1) is 29.6 Å². The number of fused-ring (bicyclic) bond motifs is 1. The molecule has 7 nitrogen and oxygen atoms in total. The van der Waals surface area contributed by atoms with Crippen LogP contribution in [-0.2, 0) is 19.1 Å². The zero-order valence-electron chi connectivity index (χ0n) is 21.3. The van der Waals surface area contributed by atoms with Crippen LogP contribution < -0.4 is 5.32 Å². The Labute approximate surface area is 199 Å². The van der Waals surface area contributed by atoms with Gasteiger partial charge >= 0.3 is 5.97 Å². The van der Waals surface area contributed by atoms with E-state index < -0.39 is 29.8 Å². The predicted molar refractivity (Wildman–Crippen MR) is 128 cm³/mol. The average Bonchev–Trinajstić information content (AvgIpc) is 3.07. The largest absolute Gasteiger partial charge is 0.466 e. The molecule has 0 aromatic heterocycles. The van der Waals surface area contributed by atoms with Crippen molar-refractivity contribution in [3.8, 4) is 0 Å². The summed E-state index contributed by atoms with van der Waals surface area (Å²) in [6, 6.07) is -1.24. The second-order valence-electron chi connectivity index (χ2n) is 9.74. The lowest BCUT2D eigenvalue weighted by Gasteiger charge is -2.36. The number of carbonyl (C=O) groups is 3. The molecule has 7 heteroatoms. The maximum absolute atomic E-state index is 13.9. The molecule has 2 amide bonds. The van der Waals surface area contributed by atoms with Crippen molar-refractivity contribution in [3.63, 3.8) is 0 Å². The number of rotatable bonds is 12. The van der Waals surface area contributed by atoms with Crippen molar-refractivity contribution in [1.82, 2.24) is 10.2 Å². The van der Waals surface area contributed by atoms with E-state index >= 15 is 0 Å². The summed E-state index contributed by atoms with van der Waals surface area (Å²) in [5.41, 5.74) is 0. The zero-order valence-corrected chi connectivity index (χ0v) is 21.3. The number of allylic oxidation sites excluding steroid dienone is 1. The van der Waals surface area contributed by atoms with Crippen molar-refractivity contribution in [3.05, 3.63) is 12.2 Å². The Balaban J connectivity index is 2.54. The van der Waals surface area contributed by atoms with Crippen molar-refractivity contribution in [2.75, 3.05) is 13.2 Å². The molecule has 1 heterocycles. The first-order valence-corrected chi connectivity index (χ1v) is 12.8. The number of aliphatic hydroxyl groups is 1. The number of likely N-dealkylation sites (tertiary alicyclic amines) is 1. The monoisotopic (exact) mass is 464 g/mol. The third-order valence-corrected chi connectivity index (χ3v) is 7.45. The van der Waals surface area contributed by atoms with Gasteiger partial charge in [-0.1, -0.05) is 59.1 Å². The van der Waals surface area contributed by atoms with E-state index in [0.29, 0.717) is 0 Å². The van der Waals surface area contributed by atoms with Gasteiger partial charge in [0.05, 0.1) is 31.1 Å². The molecule has 1 aliphatic heterocycles. The summed E-state index contributed by atoms with van der Waals surface area (Å²) in [7, 11) is 0. The first-order valence-electron chi connectivity index (χ1n) is 12.8. The van der Waals surface area contributed by atoms with Gasteiger partial charge in [-0.05, 0) is 38.5 Å². The SMILES string of the molecule is CCCC(C)NC(=O)[C@@H]1[C@H]2C=C[C@@H](CCC)[C@@H](C(=O)OCC)[C@H]2C(=O)N1[C@@H](CO)[C@@H](C)CC. The van der Waals surface area contributed by atoms with E-state index in [9.17, 15) is 19.5 Å². The zero-order chi connectivity index (χ0) is 24.7. The number of nitrogens with zero attached hydrogens (tertiary/aromatic N) is 1. The second-order valence-corrected chi connectivity index (χ2v) is 9.74. The van der Waals surface area contributed by atoms with Crippen LogP contribution in [0.3, 0.4) is 0 Å². The maximum atomic E-state index is 13.9. The molecule has 33 heavy (non-hydrogen) atoms. The molecule has 1 aliphatic carbocycles. The van der Waals surface area contributed by atoms with E-state index in [1.165, 1.54) is 0 Å². The van der Waals surface area contributed by atoms with Crippen LogP contribution in [0.4, 0.5) is 0 Å². The van der Waals surface area contributed by atoms with Crippen molar-refractivity contribution in [1.29, 1.82) is 0 Å². The van der Waals surface area contributed by atoms with Crippen LogP contribution in [0.1, 0.15) is 73.6 Å². The van der Waals surface area contributed by atoms with E-state index in [2.05, 4.69) is 19.2 Å². The van der Waals surface area contributed by atoms with Gasteiger partial charge in [-0.3, -0.25) is 14.4 Å². The van der Waals surface area contributed by atoms with Crippen LogP contribution in [0.5, 0.6) is 0 Å². The van der Waals surface area contributed by atoms with Gasteiger partial charge in [0.15, 0.2) is 0 Å². The molecule has 2 N–H and O–H groups in total. The van der Waals surface area contributed by atoms with Crippen molar-refractivity contribution in [2.24, 2.45) is 29.6 Å². The third-order valence-electron chi connectivity index (χ3n) is 7.45. The van der Waals surface area contributed by atoms with E-state index in [1.54, 1.807) is 11.8 Å². The molecule has 2 aliphatic rings. The van der Waals surface area contributed by atoms with Gasteiger partial charge in [-0.15, -0.1) is 0 Å². The Hall–Kier alpha value is -1.89. The van der Waals surface area contributed by atoms with Crippen LogP contribution in [0.25, 0.3) is 0 Å². The molecule has 0 saturated carbocycles. The highest BCUT2D eigenvalue weighted by molar-refractivity contribution is 5.96. The van der Waals surface area contributed by atoms with Crippen molar-refractivity contribution >= 4 is 17.8 Å². The van der Waals surface area contributed by atoms with E-state index in [0.717, 1.165) is 32.1 Å². The van der Waals surface area contributed by atoms with Crippen LogP contribution >= 0.6 is 0 Å². The second kappa shape index (κ2) is 12.5. The molecule has 1 saturated heterocycles. The van der Waals surface area contributed by atoms with Gasteiger partial charge in [-0.2, -0.15) is 0 Å². The molecule has 1 fully saturated rings. The minimum atomic E-state index is -0.747. The highest BCUT2D eigenvalue weighted by Gasteiger charge is 2.59. The molecule has 1 unspecified atom stereocenters. The Morgan fingerprint density at radius 1 is 1.15 bits per heavy atom. The number of nitrogens with one attached hydrogen (secondary N) is 1. The van der Waals surface area contributed by atoms with Gasteiger partial charge in [0.1, 0.15) is 6.04 Å². The third kappa shape index (κ3) is 5.79. The highest BCUT2D eigenvalue weighted by Crippen LogP contribution is 2.47. The summed E-state index contributed by atoms with van der Waals surface area (Å²) in [4.78, 5) is 42.2. The Morgan fingerprint density at radius 2 is 1.85 bits per heavy atom. The standard InChI is InChI=1S/C26H44N2O5/c1-7-11-17(6)27-24(30)23-19-14-13-18(12-8-2)21(26(32)33-10-4)22(19)25(31)28(23)20(15-29)16(5)9-3/h13-14,16-23,29H,7-12,15H2,1-6H3,(H,27,30)/t16-,17?,18+,19-,20-,21+,22-,23-/m0/s1. The number of hydrogen-bond donors (Lipinski definition) is 2. The number of amides is 2. The van der Waals surface area contributed by atoms with Crippen LogP contribution in [0.2, 0.25) is 0 Å². The Kier molecular flexibility index (Phi) is 10.4. The molecule has 0 radical (unpaired) electrons. The quantitative estimate of drug-likeness (QED) is 0.341. The van der Waals surface area contributed by atoms with Gasteiger partial charge in [-0.25, -0.2) is 0 Å². The van der Waals surface area contributed by atoms with Crippen molar-refractivity contribution < 1.29 is 24.2 Å². The minimum Gasteiger partial charge on any atom is -0.466 e. The normalized spacial score (nSPS) is 29.4. The molecule has 0 aromatic carbocycles. The van der Waals surface area contributed by atoms with Crippen LogP contribution in [-0.4, -0.2) is 59.1 Å². The molecule has 0 aromatic rings. The number of esters is 1. The first-order chi connectivity index (χ1) is 15.8. The van der Waals surface area contributed by atoms with Gasteiger partial charge < -0.3 is 20.1 Å². The lowest BCUT2D eigenvalue weighted by molar-refractivity contribution is -0.156. The minimum absolute atomic E-state index is 0.0129. The fourth-order valence-corrected chi connectivity index (χ4v) is 5.62. The topological polar surface area (TPSA) is 95.9 Å². The first kappa shape index (κ1) is 27.4. The summed E-state index contributed by atoms with van der Waals surface area (Å²) in [6.45, 7) is 11.9. The van der Waals surface area contributed by atoms with Gasteiger partial charge in [0, 0.05) is 12.0 Å². The summed E-state index contributed by atoms with van der Waals surface area (Å²) in [6.07, 6.45) is 8.18. The van der Waals surface area contributed by atoms with Crippen molar-refractivity contribution in [2.45, 2.75) is 91.8 Å². The fourth-order valence-electron chi connectivity index (χ4n) is 5.62. The smallest absolute Gasteiger partial charge is 0.310 e. The lowest BCUT2D eigenvalue weighted by Crippen LogP contribution is -2.55. The summed E-state index contributed by atoms with van der Waals surface area (Å²) in [5.74, 6) is -2.57. The van der Waals surface area contributed by atoms with Gasteiger partial charge in [0.2, 0.25) is 11.8 Å². The Morgan fingerprint density at radius 3 is 2.39 bits per heavy atom. The number of ether oxygens (including phenoxy) is 1. The summed E-state index contributed by atoms with van der Waals surface area (Å²) < 4.78 is 5.40. The Bertz CT molecular complexity index is 709. The molecular formula is C26H44N2O5. The summed E-state index contributed by atoms with van der Waals surface area (Å²) in [5, 5.41) is 13.3. The number of hydrogen-bond acceptors (Lipinski definition) is 5. The molecule has 0 bridgehead atoms. The predicted octanol–water partition coefficient (Wildman–Crippen LogP) is 3.31. The van der Waals surface area contributed by atoms with E-state index in [4.69, 9.17) is 4.74 Å². The van der Waals surface area contributed by atoms with E-state index in [1.807, 2.05) is 32.9 Å². The van der Waals surface area contributed by atoms with E-state index in [-0.39, 0.29) is 48.9 Å². The number of carbonyl (C=O) groups excluding carboxylic acids is 3. The fraction of sp³-hybridized carbons (Fsp3) is 0.808. The molecule has 8 atom stereocenters. The number of aliphatic hydroxyl groups excluding tert-OH is 1. The highest BCUT2D eigenvalue weighted by atomic mass is 16.5.